The Bertz CT molecular complexity index is 285. The molecule has 1 unspecified atom stereocenters. The van der Waals surface area contributed by atoms with Gasteiger partial charge < -0.3 is 0 Å². The van der Waals surface area contributed by atoms with Gasteiger partial charge in [0.1, 0.15) is 5.41 Å². The Balaban J connectivity index is 2.95. The van der Waals surface area contributed by atoms with Crippen molar-refractivity contribution in [2.24, 2.45) is 16.7 Å². The van der Waals surface area contributed by atoms with Crippen molar-refractivity contribution in [1.29, 1.82) is 5.26 Å². The van der Waals surface area contributed by atoms with E-state index in [2.05, 4.69) is 19.9 Å². The lowest BCUT2D eigenvalue weighted by Gasteiger charge is -2.23. The molecule has 2 heteroatoms. The summed E-state index contributed by atoms with van der Waals surface area (Å²) in [6.45, 7) is 8.04. The van der Waals surface area contributed by atoms with Crippen LogP contribution in [0.5, 0.6) is 0 Å². The molecule has 0 aromatic carbocycles. The molecule has 1 atom stereocenters. The van der Waals surface area contributed by atoms with Crippen molar-refractivity contribution in [3.63, 3.8) is 0 Å². The van der Waals surface area contributed by atoms with E-state index in [1.165, 1.54) is 0 Å². The van der Waals surface area contributed by atoms with Gasteiger partial charge >= 0.3 is 0 Å². The fraction of sp³-hybridized carbons (Fsp3) is 0.833. The maximum absolute atomic E-state index is 12.1. The van der Waals surface area contributed by atoms with Crippen LogP contribution in [0.3, 0.4) is 0 Å². The molecule has 0 radical (unpaired) electrons. The molecule has 0 bridgehead atoms. The molecular formula is C12H19NO. The van der Waals surface area contributed by atoms with Crippen LogP contribution >= 0.6 is 0 Å². The zero-order valence-corrected chi connectivity index (χ0v) is 9.55. The Labute approximate surface area is 86.3 Å². The predicted octanol–water partition coefficient (Wildman–Crippen LogP) is 2.93. The number of nitriles is 1. The third kappa shape index (κ3) is 1.68. The second-order valence-corrected chi connectivity index (χ2v) is 5.50. The molecule has 14 heavy (non-hydrogen) atoms. The molecule has 0 aliphatic heterocycles. The highest BCUT2D eigenvalue weighted by molar-refractivity contribution is 5.94. The second kappa shape index (κ2) is 3.38. The van der Waals surface area contributed by atoms with Crippen LogP contribution in [0, 0.1) is 28.1 Å². The summed E-state index contributed by atoms with van der Waals surface area (Å²) in [7, 11) is 0. The highest BCUT2D eigenvalue weighted by atomic mass is 16.1. The minimum absolute atomic E-state index is 0.154. The van der Waals surface area contributed by atoms with Gasteiger partial charge in [-0.05, 0) is 25.2 Å². The van der Waals surface area contributed by atoms with Gasteiger partial charge in [-0.3, -0.25) is 4.79 Å². The minimum atomic E-state index is -0.683. The molecule has 0 aromatic rings. The Morgan fingerprint density at radius 1 is 1.43 bits per heavy atom. The number of nitrogens with zero attached hydrogens (tertiary/aromatic N) is 1. The quantitative estimate of drug-likeness (QED) is 0.676. The van der Waals surface area contributed by atoms with Crippen LogP contribution < -0.4 is 0 Å². The SMILES string of the molecule is CC(C)CC1(C#N)CCC(C)(C)C1=O. The van der Waals surface area contributed by atoms with Crippen LogP contribution in [0.15, 0.2) is 0 Å². The molecule has 0 spiro atoms. The summed E-state index contributed by atoms with van der Waals surface area (Å²) in [4.78, 5) is 12.1. The van der Waals surface area contributed by atoms with Crippen molar-refractivity contribution >= 4 is 5.78 Å². The zero-order chi connectivity index (χ0) is 11.0. The van der Waals surface area contributed by atoms with Gasteiger partial charge in [-0.25, -0.2) is 0 Å². The number of hydrogen-bond donors (Lipinski definition) is 0. The molecule has 0 heterocycles. The molecule has 0 N–H and O–H groups in total. The first kappa shape index (κ1) is 11.2. The van der Waals surface area contributed by atoms with Crippen molar-refractivity contribution in [3.8, 4) is 6.07 Å². The lowest BCUT2D eigenvalue weighted by molar-refractivity contribution is -0.130. The molecular weight excluding hydrogens is 174 g/mol. The zero-order valence-electron chi connectivity index (χ0n) is 9.55. The van der Waals surface area contributed by atoms with Crippen LogP contribution in [0.4, 0.5) is 0 Å². The highest BCUT2D eigenvalue weighted by Crippen LogP contribution is 2.48. The van der Waals surface area contributed by atoms with Gasteiger partial charge in [0.2, 0.25) is 0 Å². The van der Waals surface area contributed by atoms with Gasteiger partial charge in [0.05, 0.1) is 6.07 Å². The summed E-state index contributed by atoms with van der Waals surface area (Å²) >= 11 is 0. The van der Waals surface area contributed by atoms with Gasteiger partial charge in [0.15, 0.2) is 5.78 Å². The lowest BCUT2D eigenvalue weighted by Crippen LogP contribution is -2.32. The summed E-state index contributed by atoms with van der Waals surface area (Å²) in [5.41, 5.74) is -0.970. The number of Topliss-reactive ketones (excluding diaryl/α,β-unsaturated/α-hetero) is 1. The third-order valence-corrected chi connectivity index (χ3v) is 3.20. The van der Waals surface area contributed by atoms with Gasteiger partial charge in [-0.1, -0.05) is 27.7 Å². The molecule has 2 nitrogen and oxygen atoms in total. The van der Waals surface area contributed by atoms with Crippen LogP contribution in [0.1, 0.15) is 47.0 Å². The summed E-state index contributed by atoms with van der Waals surface area (Å²) in [5, 5.41) is 9.20. The number of carbonyl (C=O) groups excluding carboxylic acids is 1. The number of rotatable bonds is 2. The van der Waals surface area contributed by atoms with Crippen molar-refractivity contribution in [3.05, 3.63) is 0 Å². The summed E-state index contributed by atoms with van der Waals surface area (Å²) in [5.74, 6) is 0.564. The lowest BCUT2D eigenvalue weighted by atomic mass is 9.76. The molecule has 1 fully saturated rings. The standard InChI is InChI=1S/C12H19NO/c1-9(2)7-12(8-13)6-5-11(3,4)10(12)14/h9H,5-7H2,1-4H3. The van der Waals surface area contributed by atoms with Crippen molar-refractivity contribution in [1.82, 2.24) is 0 Å². The first-order valence-corrected chi connectivity index (χ1v) is 5.30. The van der Waals surface area contributed by atoms with Crippen molar-refractivity contribution in [2.45, 2.75) is 47.0 Å². The molecule has 1 saturated carbocycles. The van der Waals surface area contributed by atoms with E-state index in [1.807, 2.05) is 13.8 Å². The van der Waals surface area contributed by atoms with E-state index in [0.29, 0.717) is 12.3 Å². The van der Waals surface area contributed by atoms with Gasteiger partial charge in [0.25, 0.3) is 0 Å². The van der Waals surface area contributed by atoms with Crippen molar-refractivity contribution in [2.75, 3.05) is 0 Å². The van der Waals surface area contributed by atoms with E-state index in [9.17, 15) is 10.1 Å². The summed E-state index contributed by atoms with van der Waals surface area (Å²) in [6.07, 6.45) is 2.31. The molecule has 0 amide bonds. The predicted molar refractivity (Wildman–Crippen MR) is 55.5 cm³/mol. The van der Waals surface area contributed by atoms with Gasteiger partial charge in [-0.15, -0.1) is 0 Å². The Morgan fingerprint density at radius 3 is 2.29 bits per heavy atom. The monoisotopic (exact) mass is 193 g/mol. The van der Waals surface area contributed by atoms with E-state index >= 15 is 0 Å². The largest absolute Gasteiger partial charge is 0.297 e. The fourth-order valence-corrected chi connectivity index (χ4v) is 2.44. The second-order valence-electron chi connectivity index (χ2n) is 5.50. The first-order valence-electron chi connectivity index (χ1n) is 5.30. The molecule has 1 aliphatic carbocycles. The van der Waals surface area contributed by atoms with Crippen LogP contribution in [-0.4, -0.2) is 5.78 Å². The molecule has 1 rings (SSSR count). The summed E-state index contributed by atoms with van der Waals surface area (Å²) in [6, 6.07) is 2.26. The number of carbonyl (C=O) groups is 1. The smallest absolute Gasteiger partial charge is 0.158 e. The first-order chi connectivity index (χ1) is 6.34. The van der Waals surface area contributed by atoms with Crippen LogP contribution in [0.25, 0.3) is 0 Å². The normalized spacial score (nSPS) is 30.7. The molecule has 0 saturated heterocycles. The topological polar surface area (TPSA) is 40.9 Å². The maximum atomic E-state index is 12.1. The number of hydrogen-bond acceptors (Lipinski definition) is 2. The van der Waals surface area contributed by atoms with Crippen LogP contribution in [-0.2, 0) is 4.79 Å². The highest BCUT2D eigenvalue weighted by Gasteiger charge is 2.52. The third-order valence-electron chi connectivity index (χ3n) is 3.20. The molecule has 78 valence electrons. The van der Waals surface area contributed by atoms with E-state index in [0.717, 1.165) is 12.8 Å². The minimum Gasteiger partial charge on any atom is -0.297 e. The fourth-order valence-electron chi connectivity index (χ4n) is 2.44. The van der Waals surface area contributed by atoms with E-state index in [-0.39, 0.29) is 11.2 Å². The molecule has 0 aromatic heterocycles. The Morgan fingerprint density at radius 2 is 2.00 bits per heavy atom. The Hall–Kier alpha value is -0.840. The summed E-state index contributed by atoms with van der Waals surface area (Å²) < 4.78 is 0. The van der Waals surface area contributed by atoms with Crippen molar-refractivity contribution < 1.29 is 4.79 Å². The van der Waals surface area contributed by atoms with E-state index in [4.69, 9.17) is 0 Å². The van der Waals surface area contributed by atoms with Crippen LogP contribution in [0.2, 0.25) is 0 Å². The molecule has 1 aliphatic rings. The maximum Gasteiger partial charge on any atom is 0.158 e. The van der Waals surface area contributed by atoms with E-state index in [1.54, 1.807) is 0 Å². The Kier molecular flexibility index (Phi) is 2.71. The average molecular weight is 193 g/mol. The average Bonchev–Trinajstić information content (AvgIpc) is 2.30. The van der Waals surface area contributed by atoms with Gasteiger partial charge in [-0.2, -0.15) is 5.26 Å². The van der Waals surface area contributed by atoms with E-state index < -0.39 is 5.41 Å². The number of ketones is 1. The van der Waals surface area contributed by atoms with Gasteiger partial charge in [0, 0.05) is 5.41 Å².